The third-order valence-corrected chi connectivity index (χ3v) is 7.86. The lowest BCUT2D eigenvalue weighted by Crippen LogP contribution is -2.39. The second-order valence-electron chi connectivity index (χ2n) is 8.39. The lowest BCUT2D eigenvalue weighted by Gasteiger charge is -2.47. The molecule has 4 heterocycles. The van der Waals surface area contributed by atoms with Crippen molar-refractivity contribution >= 4 is 32.7 Å². The highest BCUT2D eigenvalue weighted by atomic mass is 32.1. The van der Waals surface area contributed by atoms with Gasteiger partial charge in [0.15, 0.2) is 5.82 Å². The topological polar surface area (TPSA) is 80.2 Å². The molecule has 0 spiro atoms. The van der Waals surface area contributed by atoms with E-state index < -0.39 is 0 Å². The van der Waals surface area contributed by atoms with E-state index in [1.54, 1.807) is 17.7 Å². The van der Waals surface area contributed by atoms with Gasteiger partial charge in [-0.15, -0.1) is 11.3 Å². The molecule has 28 heavy (non-hydrogen) atoms. The van der Waals surface area contributed by atoms with E-state index in [0.29, 0.717) is 5.92 Å². The Hall–Kier alpha value is -2.41. The third-order valence-electron chi connectivity index (χ3n) is 7.14. The number of nitrogens with zero attached hydrogens (tertiary/aromatic N) is 5. The van der Waals surface area contributed by atoms with Crippen LogP contribution in [0.5, 0.6) is 0 Å². The number of rotatable bonds is 3. The summed E-state index contributed by atoms with van der Waals surface area (Å²) in [6.45, 7) is 2.46. The molecule has 0 amide bonds. The van der Waals surface area contributed by atoms with Gasteiger partial charge in [-0.2, -0.15) is 0 Å². The largest absolute Gasteiger partial charge is 0.345 e. The fourth-order valence-corrected chi connectivity index (χ4v) is 6.26. The van der Waals surface area contributed by atoms with E-state index in [1.807, 2.05) is 17.9 Å². The second-order valence-corrected chi connectivity index (χ2v) is 9.22. The van der Waals surface area contributed by atoms with E-state index in [0.717, 1.165) is 62.6 Å². The second kappa shape index (κ2) is 6.30. The SMILES string of the molecule is CC1C2CCC(CC2)C1Cc1nc(-c2c[nH]c3ncncc23)nc2scnc12. The highest BCUT2D eigenvalue weighted by Gasteiger charge is 2.41. The van der Waals surface area contributed by atoms with Gasteiger partial charge in [0, 0.05) is 23.3 Å². The normalized spacial score (nSPS) is 27.0. The lowest BCUT2D eigenvalue weighted by molar-refractivity contribution is 0.0341. The van der Waals surface area contributed by atoms with Crippen LogP contribution in [0.2, 0.25) is 0 Å². The van der Waals surface area contributed by atoms with Crippen LogP contribution in [0.25, 0.3) is 32.8 Å². The molecule has 0 radical (unpaired) electrons. The van der Waals surface area contributed by atoms with Gasteiger partial charge in [-0.05, 0) is 55.8 Å². The summed E-state index contributed by atoms with van der Waals surface area (Å²) < 4.78 is 0. The summed E-state index contributed by atoms with van der Waals surface area (Å²) in [6, 6.07) is 0. The minimum atomic E-state index is 0.714. The van der Waals surface area contributed by atoms with Crippen LogP contribution in [0.3, 0.4) is 0 Å². The summed E-state index contributed by atoms with van der Waals surface area (Å²) in [7, 11) is 0. The zero-order valence-electron chi connectivity index (χ0n) is 15.8. The highest BCUT2D eigenvalue weighted by Crippen LogP contribution is 2.50. The van der Waals surface area contributed by atoms with Crippen LogP contribution in [0.1, 0.15) is 38.3 Å². The number of hydrogen-bond donors (Lipinski definition) is 1. The summed E-state index contributed by atoms with van der Waals surface area (Å²) in [6.07, 6.45) is 11.9. The molecule has 1 N–H and O–H groups in total. The zero-order valence-corrected chi connectivity index (χ0v) is 16.6. The third kappa shape index (κ3) is 2.49. The smallest absolute Gasteiger partial charge is 0.163 e. The highest BCUT2D eigenvalue weighted by molar-refractivity contribution is 7.16. The van der Waals surface area contributed by atoms with Crippen molar-refractivity contribution in [3.8, 4) is 11.4 Å². The van der Waals surface area contributed by atoms with Crippen molar-refractivity contribution in [1.82, 2.24) is 29.9 Å². The minimum absolute atomic E-state index is 0.714. The molecular formula is C21H22N6S. The molecule has 3 saturated carbocycles. The quantitative estimate of drug-likeness (QED) is 0.551. The van der Waals surface area contributed by atoms with Crippen molar-refractivity contribution in [2.45, 2.75) is 39.0 Å². The maximum atomic E-state index is 5.04. The number of fused-ring (bicyclic) bond motifs is 5. The van der Waals surface area contributed by atoms with Crippen molar-refractivity contribution in [3.05, 3.63) is 29.9 Å². The Bertz CT molecular complexity index is 1150. The maximum absolute atomic E-state index is 5.04. The lowest BCUT2D eigenvalue weighted by atomic mass is 9.58. The molecule has 0 aliphatic heterocycles. The molecule has 2 atom stereocenters. The summed E-state index contributed by atoms with van der Waals surface area (Å²) >= 11 is 1.59. The van der Waals surface area contributed by atoms with Crippen LogP contribution < -0.4 is 0 Å². The van der Waals surface area contributed by atoms with E-state index >= 15 is 0 Å². The Morgan fingerprint density at radius 2 is 1.96 bits per heavy atom. The molecule has 3 aliphatic rings. The van der Waals surface area contributed by atoms with Crippen LogP contribution in [-0.4, -0.2) is 29.9 Å². The first-order valence-corrected chi connectivity index (χ1v) is 11.0. The van der Waals surface area contributed by atoms with Crippen LogP contribution >= 0.6 is 11.3 Å². The molecule has 2 unspecified atom stereocenters. The summed E-state index contributed by atoms with van der Waals surface area (Å²) in [5.41, 5.74) is 5.76. The Balaban J connectivity index is 1.45. The summed E-state index contributed by atoms with van der Waals surface area (Å²) in [5.74, 6) is 3.98. The van der Waals surface area contributed by atoms with Crippen molar-refractivity contribution in [1.29, 1.82) is 0 Å². The van der Waals surface area contributed by atoms with E-state index in [1.165, 1.54) is 25.7 Å². The molecule has 6 nitrogen and oxygen atoms in total. The molecule has 4 aromatic heterocycles. The van der Waals surface area contributed by atoms with E-state index in [9.17, 15) is 0 Å². The monoisotopic (exact) mass is 390 g/mol. The molecule has 142 valence electrons. The molecular weight excluding hydrogens is 368 g/mol. The van der Waals surface area contributed by atoms with Gasteiger partial charge in [0.25, 0.3) is 0 Å². The fourth-order valence-electron chi connectivity index (χ4n) is 5.58. The Kier molecular flexibility index (Phi) is 3.72. The average Bonchev–Trinajstić information content (AvgIpc) is 3.37. The average molecular weight is 391 g/mol. The Morgan fingerprint density at radius 3 is 2.82 bits per heavy atom. The first-order chi connectivity index (χ1) is 13.8. The van der Waals surface area contributed by atoms with Gasteiger partial charge in [0.05, 0.1) is 11.2 Å². The van der Waals surface area contributed by atoms with Crippen molar-refractivity contribution in [3.63, 3.8) is 0 Å². The number of thiazole rings is 1. The van der Waals surface area contributed by atoms with Crippen molar-refractivity contribution in [2.24, 2.45) is 23.7 Å². The molecule has 3 fully saturated rings. The number of aromatic nitrogens is 6. The number of nitrogens with one attached hydrogen (secondary N) is 1. The standard InChI is InChI=1S/C21H22N6S/c1-11-12-2-4-13(5-3-12)14(11)6-17-18-21(28-10-25-18)27-20(26-17)16-8-23-19-15(16)7-22-9-24-19/h7-14H,2-6H2,1H3,(H,22,23,24). The van der Waals surface area contributed by atoms with Gasteiger partial charge in [-0.3, -0.25) is 0 Å². The van der Waals surface area contributed by atoms with Gasteiger partial charge in [-0.1, -0.05) is 6.92 Å². The number of H-pyrrole nitrogens is 1. The van der Waals surface area contributed by atoms with Crippen LogP contribution in [0.15, 0.2) is 24.2 Å². The zero-order chi connectivity index (χ0) is 18.7. The molecule has 3 aliphatic carbocycles. The Labute approximate surface area is 166 Å². The predicted molar refractivity (Wildman–Crippen MR) is 110 cm³/mol. The maximum Gasteiger partial charge on any atom is 0.163 e. The molecule has 0 saturated heterocycles. The number of aromatic amines is 1. The number of hydrogen-bond acceptors (Lipinski definition) is 6. The van der Waals surface area contributed by atoms with E-state index in [-0.39, 0.29) is 0 Å². The van der Waals surface area contributed by atoms with Gasteiger partial charge < -0.3 is 4.98 Å². The van der Waals surface area contributed by atoms with Gasteiger partial charge in [0.2, 0.25) is 0 Å². The minimum Gasteiger partial charge on any atom is -0.345 e. The predicted octanol–water partition coefficient (Wildman–Crippen LogP) is 4.64. The van der Waals surface area contributed by atoms with Gasteiger partial charge in [-0.25, -0.2) is 24.9 Å². The summed E-state index contributed by atoms with van der Waals surface area (Å²) in [4.78, 5) is 27.1. The molecule has 7 heteroatoms. The first kappa shape index (κ1) is 16.5. The van der Waals surface area contributed by atoms with Gasteiger partial charge >= 0.3 is 0 Å². The van der Waals surface area contributed by atoms with Crippen molar-refractivity contribution in [2.75, 3.05) is 0 Å². The fraction of sp³-hybridized carbons (Fsp3) is 0.476. The molecule has 2 bridgehead atoms. The first-order valence-electron chi connectivity index (χ1n) is 10.2. The van der Waals surface area contributed by atoms with E-state index in [2.05, 4.69) is 26.9 Å². The van der Waals surface area contributed by atoms with Crippen LogP contribution in [-0.2, 0) is 6.42 Å². The molecule has 4 aromatic rings. The summed E-state index contributed by atoms with van der Waals surface area (Å²) in [5, 5.41) is 0.961. The van der Waals surface area contributed by atoms with E-state index in [4.69, 9.17) is 9.97 Å². The molecule has 7 rings (SSSR count). The Morgan fingerprint density at radius 1 is 1.11 bits per heavy atom. The van der Waals surface area contributed by atoms with Crippen LogP contribution in [0, 0.1) is 23.7 Å². The molecule has 0 aromatic carbocycles. The van der Waals surface area contributed by atoms with Crippen molar-refractivity contribution < 1.29 is 0 Å². The van der Waals surface area contributed by atoms with Gasteiger partial charge in [0.1, 0.15) is 22.3 Å². The van der Waals surface area contributed by atoms with Crippen LogP contribution in [0.4, 0.5) is 0 Å².